The van der Waals surface area contributed by atoms with E-state index in [9.17, 15) is 4.79 Å². The topological polar surface area (TPSA) is 50.8 Å². The zero-order valence-corrected chi connectivity index (χ0v) is 14.1. The maximum Gasteiger partial charge on any atom is 0.269 e. The maximum absolute atomic E-state index is 12.7. The number of piperidine rings is 1. The minimum Gasteiger partial charge on any atom is -0.485 e. The van der Waals surface area contributed by atoms with Gasteiger partial charge in [0.25, 0.3) is 5.91 Å². The predicted octanol–water partition coefficient (Wildman–Crippen LogP) is 3.46. The standard InChI is InChI=1S/C20H22N2O3/c23-20(19-14-24-17-10-4-5-11-18(17)25-19)21-15-8-2-3-9-16(15)22-12-6-1-7-13-22/h2-5,8-11,19H,1,6-7,12-14H2,(H,21,23)/t19-/m1/s1. The van der Waals surface area contributed by atoms with E-state index in [1.54, 1.807) is 0 Å². The molecular weight excluding hydrogens is 316 g/mol. The van der Waals surface area contributed by atoms with E-state index in [1.807, 2.05) is 42.5 Å². The lowest BCUT2D eigenvalue weighted by Crippen LogP contribution is -2.40. The monoisotopic (exact) mass is 338 g/mol. The van der Waals surface area contributed by atoms with Crippen LogP contribution in [0.25, 0.3) is 0 Å². The molecule has 2 aliphatic heterocycles. The highest BCUT2D eigenvalue weighted by molar-refractivity contribution is 5.97. The molecule has 1 amide bonds. The molecule has 0 aliphatic carbocycles. The lowest BCUT2D eigenvalue weighted by molar-refractivity contribution is -0.125. The zero-order valence-electron chi connectivity index (χ0n) is 14.1. The molecule has 25 heavy (non-hydrogen) atoms. The molecule has 0 bridgehead atoms. The van der Waals surface area contributed by atoms with Crippen LogP contribution < -0.4 is 19.7 Å². The molecule has 5 heteroatoms. The maximum atomic E-state index is 12.7. The van der Waals surface area contributed by atoms with Crippen molar-refractivity contribution < 1.29 is 14.3 Å². The molecule has 2 aliphatic rings. The third-order valence-corrected chi connectivity index (χ3v) is 4.66. The van der Waals surface area contributed by atoms with Gasteiger partial charge >= 0.3 is 0 Å². The summed E-state index contributed by atoms with van der Waals surface area (Å²) in [7, 11) is 0. The molecule has 1 fully saturated rings. The number of nitrogens with one attached hydrogen (secondary N) is 1. The average molecular weight is 338 g/mol. The number of benzene rings is 2. The van der Waals surface area contributed by atoms with Gasteiger partial charge in [-0.15, -0.1) is 0 Å². The molecule has 0 saturated carbocycles. The van der Waals surface area contributed by atoms with Crippen LogP contribution in [0.4, 0.5) is 11.4 Å². The Morgan fingerprint density at radius 2 is 1.68 bits per heavy atom. The Morgan fingerprint density at radius 1 is 0.960 bits per heavy atom. The van der Waals surface area contributed by atoms with Crippen molar-refractivity contribution >= 4 is 17.3 Å². The van der Waals surface area contributed by atoms with Gasteiger partial charge in [-0.1, -0.05) is 24.3 Å². The molecule has 0 spiro atoms. The molecule has 2 aromatic carbocycles. The lowest BCUT2D eigenvalue weighted by Gasteiger charge is -2.31. The minimum atomic E-state index is -0.649. The van der Waals surface area contributed by atoms with Crippen LogP contribution in [0.1, 0.15) is 19.3 Å². The number of carbonyl (C=O) groups excluding carboxylic acids is 1. The number of carbonyl (C=O) groups is 1. The van der Waals surface area contributed by atoms with Gasteiger partial charge < -0.3 is 19.7 Å². The van der Waals surface area contributed by atoms with Crippen molar-refractivity contribution in [1.29, 1.82) is 0 Å². The number of amides is 1. The van der Waals surface area contributed by atoms with Crippen LogP contribution in [0, 0.1) is 0 Å². The lowest BCUT2D eigenvalue weighted by atomic mass is 10.1. The van der Waals surface area contributed by atoms with Crippen LogP contribution >= 0.6 is 0 Å². The Labute approximate surface area is 147 Å². The fourth-order valence-corrected chi connectivity index (χ4v) is 3.35. The number of nitrogens with zero attached hydrogens (tertiary/aromatic N) is 1. The molecule has 0 radical (unpaired) electrons. The molecule has 5 nitrogen and oxygen atoms in total. The summed E-state index contributed by atoms with van der Waals surface area (Å²) in [5, 5.41) is 3.02. The first-order chi connectivity index (χ1) is 12.3. The van der Waals surface area contributed by atoms with Crippen molar-refractivity contribution in [1.82, 2.24) is 0 Å². The first-order valence-corrected chi connectivity index (χ1v) is 8.84. The van der Waals surface area contributed by atoms with Crippen LogP contribution in [0.2, 0.25) is 0 Å². The summed E-state index contributed by atoms with van der Waals surface area (Å²) in [6, 6.07) is 15.4. The highest BCUT2D eigenvalue weighted by atomic mass is 16.6. The van der Waals surface area contributed by atoms with Gasteiger partial charge in [0.15, 0.2) is 11.5 Å². The minimum absolute atomic E-state index is 0.182. The van der Waals surface area contributed by atoms with E-state index in [0.717, 1.165) is 24.5 Å². The molecule has 1 saturated heterocycles. The third-order valence-electron chi connectivity index (χ3n) is 4.66. The Morgan fingerprint density at radius 3 is 2.52 bits per heavy atom. The second-order valence-corrected chi connectivity index (χ2v) is 6.42. The number of hydrogen-bond acceptors (Lipinski definition) is 4. The van der Waals surface area contributed by atoms with Gasteiger partial charge in [-0.25, -0.2) is 0 Å². The number of hydrogen-bond donors (Lipinski definition) is 1. The first kappa shape index (κ1) is 15.8. The van der Waals surface area contributed by atoms with Crippen molar-refractivity contribution in [3.63, 3.8) is 0 Å². The third kappa shape index (κ3) is 3.40. The van der Waals surface area contributed by atoms with Gasteiger partial charge in [0.2, 0.25) is 6.10 Å². The highest BCUT2D eigenvalue weighted by Crippen LogP contribution is 2.32. The summed E-state index contributed by atoms with van der Waals surface area (Å²) < 4.78 is 11.4. The second-order valence-electron chi connectivity index (χ2n) is 6.42. The van der Waals surface area contributed by atoms with Crippen LogP contribution in [0.5, 0.6) is 11.5 Å². The van der Waals surface area contributed by atoms with E-state index in [1.165, 1.54) is 19.3 Å². The van der Waals surface area contributed by atoms with Gasteiger partial charge in [-0.2, -0.15) is 0 Å². The molecule has 130 valence electrons. The van der Waals surface area contributed by atoms with E-state index in [2.05, 4.69) is 16.3 Å². The van der Waals surface area contributed by atoms with Crippen molar-refractivity contribution in [2.75, 3.05) is 29.9 Å². The van der Waals surface area contributed by atoms with Gasteiger partial charge in [-0.3, -0.25) is 4.79 Å². The largest absolute Gasteiger partial charge is 0.485 e. The van der Waals surface area contributed by atoms with E-state index in [-0.39, 0.29) is 12.5 Å². The van der Waals surface area contributed by atoms with Crippen LogP contribution in [0.15, 0.2) is 48.5 Å². The Bertz CT molecular complexity index is 756. The smallest absolute Gasteiger partial charge is 0.269 e. The Kier molecular flexibility index (Phi) is 4.46. The predicted molar refractivity (Wildman–Crippen MR) is 97.5 cm³/mol. The highest BCUT2D eigenvalue weighted by Gasteiger charge is 2.28. The number of para-hydroxylation sites is 4. The molecule has 1 N–H and O–H groups in total. The number of rotatable bonds is 3. The summed E-state index contributed by atoms with van der Waals surface area (Å²) in [5.41, 5.74) is 1.91. The van der Waals surface area contributed by atoms with E-state index in [0.29, 0.717) is 11.5 Å². The van der Waals surface area contributed by atoms with Crippen molar-refractivity contribution in [2.45, 2.75) is 25.4 Å². The molecule has 0 unspecified atom stereocenters. The molecule has 1 atom stereocenters. The second kappa shape index (κ2) is 7.05. The normalized spacial score (nSPS) is 19.4. The van der Waals surface area contributed by atoms with Crippen molar-refractivity contribution in [3.8, 4) is 11.5 Å². The summed E-state index contributed by atoms with van der Waals surface area (Å²) in [5.74, 6) is 1.11. The van der Waals surface area contributed by atoms with Crippen molar-refractivity contribution in [2.24, 2.45) is 0 Å². The molecule has 0 aromatic heterocycles. The van der Waals surface area contributed by atoms with Crippen LogP contribution in [-0.4, -0.2) is 31.7 Å². The van der Waals surface area contributed by atoms with Crippen LogP contribution in [-0.2, 0) is 4.79 Å². The fraction of sp³-hybridized carbons (Fsp3) is 0.350. The Balaban J connectivity index is 1.48. The number of ether oxygens (including phenoxy) is 2. The van der Waals surface area contributed by atoms with Crippen LogP contribution in [0.3, 0.4) is 0 Å². The van der Waals surface area contributed by atoms with E-state index >= 15 is 0 Å². The van der Waals surface area contributed by atoms with E-state index < -0.39 is 6.10 Å². The SMILES string of the molecule is O=C(Nc1ccccc1N1CCCCC1)[C@H]1COc2ccccc2O1. The zero-order chi connectivity index (χ0) is 17.1. The van der Waals surface area contributed by atoms with Gasteiger partial charge in [0, 0.05) is 13.1 Å². The molecule has 2 heterocycles. The first-order valence-electron chi connectivity index (χ1n) is 8.84. The molecule has 2 aromatic rings. The van der Waals surface area contributed by atoms with Gasteiger partial charge in [0.1, 0.15) is 6.61 Å². The quantitative estimate of drug-likeness (QED) is 0.931. The number of anilines is 2. The molecular formula is C20H22N2O3. The van der Waals surface area contributed by atoms with Crippen molar-refractivity contribution in [3.05, 3.63) is 48.5 Å². The summed E-state index contributed by atoms with van der Waals surface area (Å²) in [6.45, 7) is 2.28. The van der Waals surface area contributed by atoms with Gasteiger partial charge in [0.05, 0.1) is 11.4 Å². The van der Waals surface area contributed by atoms with E-state index in [4.69, 9.17) is 9.47 Å². The van der Waals surface area contributed by atoms with Gasteiger partial charge in [-0.05, 0) is 43.5 Å². The average Bonchev–Trinajstić information content (AvgIpc) is 2.68. The molecule has 4 rings (SSSR count). The summed E-state index contributed by atoms with van der Waals surface area (Å²) in [4.78, 5) is 15.0. The Hall–Kier alpha value is -2.69. The fourth-order valence-electron chi connectivity index (χ4n) is 3.35. The summed E-state index contributed by atoms with van der Waals surface area (Å²) >= 11 is 0. The number of fused-ring (bicyclic) bond motifs is 1. The summed E-state index contributed by atoms with van der Waals surface area (Å²) in [6.07, 6.45) is 3.01.